The molecule has 5 heteroatoms. The number of aromatic nitrogens is 2. The van der Waals surface area contributed by atoms with Crippen LogP contribution in [0, 0.1) is 5.92 Å². The number of methoxy groups -OCH3 is 1. The average Bonchev–Trinajstić information content (AvgIpc) is 3.30. The van der Waals surface area contributed by atoms with Crippen molar-refractivity contribution >= 4 is 5.91 Å². The van der Waals surface area contributed by atoms with Crippen molar-refractivity contribution in [1.82, 2.24) is 15.3 Å². The summed E-state index contributed by atoms with van der Waals surface area (Å²) in [5.41, 5.74) is 3.96. The molecule has 0 saturated heterocycles. The molecule has 0 aliphatic heterocycles. The summed E-state index contributed by atoms with van der Waals surface area (Å²) in [5.74, 6) is 1.90. The van der Waals surface area contributed by atoms with Crippen molar-refractivity contribution in [3.8, 4) is 16.9 Å². The van der Waals surface area contributed by atoms with Gasteiger partial charge in [0.2, 0.25) is 0 Å². The molecule has 0 radical (unpaired) electrons. The predicted molar refractivity (Wildman–Crippen MR) is 119 cm³/mol. The van der Waals surface area contributed by atoms with Crippen molar-refractivity contribution < 1.29 is 9.53 Å². The molecule has 1 unspecified atom stereocenters. The molecule has 2 heterocycles. The smallest absolute Gasteiger partial charge is 0.253 e. The molecule has 1 fully saturated rings. The van der Waals surface area contributed by atoms with Gasteiger partial charge in [0.25, 0.3) is 5.91 Å². The van der Waals surface area contributed by atoms with Crippen molar-refractivity contribution in [2.45, 2.75) is 44.6 Å². The fraction of sp³-hybridized carbons (Fsp3) is 0.360. The van der Waals surface area contributed by atoms with Crippen LogP contribution >= 0.6 is 0 Å². The molecule has 4 rings (SSSR count). The van der Waals surface area contributed by atoms with Gasteiger partial charge in [-0.05, 0) is 79.8 Å². The van der Waals surface area contributed by atoms with E-state index < -0.39 is 0 Å². The molecule has 5 nitrogen and oxygen atoms in total. The quantitative estimate of drug-likeness (QED) is 0.596. The maximum atomic E-state index is 13.0. The Morgan fingerprint density at radius 3 is 2.43 bits per heavy atom. The molecule has 2 aromatic heterocycles. The number of rotatable bonds is 6. The van der Waals surface area contributed by atoms with Crippen LogP contribution in [0.3, 0.4) is 0 Å². The van der Waals surface area contributed by atoms with E-state index in [-0.39, 0.29) is 11.9 Å². The molecule has 1 amide bonds. The fourth-order valence-corrected chi connectivity index (χ4v) is 4.55. The van der Waals surface area contributed by atoms with Crippen LogP contribution in [0.4, 0.5) is 0 Å². The highest BCUT2D eigenvalue weighted by atomic mass is 16.5. The lowest BCUT2D eigenvalue weighted by molar-refractivity contribution is 0.0918. The number of pyridine rings is 1. The van der Waals surface area contributed by atoms with Crippen LogP contribution in [-0.4, -0.2) is 29.0 Å². The standard InChI is InChI=1S/C25H29N3O2/c1-17(18-3-5-19(6-4-18)20-11-13-26-14-12-20)28-25(29)24-16-27-15-23(24)21-7-9-22(30-2)10-8-21/h7-19,27H,3-6H2,1-2H3,(H,28,29). The van der Waals surface area contributed by atoms with Crippen molar-refractivity contribution in [1.29, 1.82) is 0 Å². The Morgan fingerprint density at radius 2 is 1.77 bits per heavy atom. The summed E-state index contributed by atoms with van der Waals surface area (Å²) in [6.07, 6.45) is 12.0. The van der Waals surface area contributed by atoms with Crippen LogP contribution in [0.5, 0.6) is 5.75 Å². The molecule has 0 bridgehead atoms. The van der Waals surface area contributed by atoms with E-state index in [1.807, 2.05) is 42.9 Å². The van der Waals surface area contributed by atoms with Crippen LogP contribution in [0.25, 0.3) is 11.1 Å². The molecular formula is C25H29N3O2. The fourth-order valence-electron chi connectivity index (χ4n) is 4.55. The molecule has 1 aliphatic rings. The third-order valence-electron chi connectivity index (χ3n) is 6.41. The van der Waals surface area contributed by atoms with Gasteiger partial charge in [0.1, 0.15) is 5.75 Å². The summed E-state index contributed by atoms with van der Waals surface area (Å²) >= 11 is 0. The molecule has 1 aliphatic carbocycles. The normalized spacial score (nSPS) is 19.8. The number of amides is 1. The zero-order chi connectivity index (χ0) is 20.9. The number of hydrogen-bond acceptors (Lipinski definition) is 3. The minimum Gasteiger partial charge on any atom is -0.497 e. The van der Waals surface area contributed by atoms with E-state index in [0.717, 1.165) is 42.6 Å². The van der Waals surface area contributed by atoms with E-state index in [4.69, 9.17) is 4.74 Å². The van der Waals surface area contributed by atoms with E-state index in [2.05, 4.69) is 34.3 Å². The molecule has 0 spiro atoms. The van der Waals surface area contributed by atoms with Crippen LogP contribution in [0.2, 0.25) is 0 Å². The maximum Gasteiger partial charge on any atom is 0.253 e. The highest BCUT2D eigenvalue weighted by Crippen LogP contribution is 2.37. The largest absolute Gasteiger partial charge is 0.497 e. The number of hydrogen-bond donors (Lipinski definition) is 2. The van der Waals surface area contributed by atoms with Gasteiger partial charge in [0, 0.05) is 36.4 Å². The van der Waals surface area contributed by atoms with E-state index in [9.17, 15) is 4.79 Å². The van der Waals surface area contributed by atoms with Gasteiger partial charge in [-0.1, -0.05) is 12.1 Å². The van der Waals surface area contributed by atoms with Crippen molar-refractivity contribution in [2.24, 2.45) is 5.92 Å². The first-order valence-corrected chi connectivity index (χ1v) is 10.7. The number of benzene rings is 1. The molecule has 156 valence electrons. The lowest BCUT2D eigenvalue weighted by atomic mass is 9.76. The monoisotopic (exact) mass is 403 g/mol. The minimum absolute atomic E-state index is 0.0224. The Hall–Kier alpha value is -3.08. The zero-order valence-electron chi connectivity index (χ0n) is 17.6. The number of nitrogens with zero attached hydrogens (tertiary/aromatic N) is 1. The summed E-state index contributed by atoms with van der Waals surface area (Å²) in [4.78, 5) is 20.2. The van der Waals surface area contributed by atoms with Gasteiger partial charge >= 0.3 is 0 Å². The molecule has 1 aromatic carbocycles. The molecule has 2 N–H and O–H groups in total. The predicted octanol–water partition coefficient (Wildman–Crippen LogP) is 5.18. The van der Waals surface area contributed by atoms with Gasteiger partial charge < -0.3 is 15.0 Å². The van der Waals surface area contributed by atoms with Gasteiger partial charge in [-0.25, -0.2) is 0 Å². The molecule has 1 atom stereocenters. The number of carbonyl (C=O) groups is 1. The van der Waals surface area contributed by atoms with E-state index in [1.165, 1.54) is 5.56 Å². The third kappa shape index (κ3) is 4.40. The summed E-state index contributed by atoms with van der Waals surface area (Å²) in [6.45, 7) is 2.13. The molecular weight excluding hydrogens is 374 g/mol. The Kier molecular flexibility index (Phi) is 6.17. The number of ether oxygens (including phenoxy) is 1. The Morgan fingerprint density at radius 1 is 1.07 bits per heavy atom. The second-order valence-electron chi connectivity index (χ2n) is 8.17. The van der Waals surface area contributed by atoms with E-state index in [0.29, 0.717) is 17.4 Å². The maximum absolute atomic E-state index is 13.0. The second-order valence-corrected chi connectivity index (χ2v) is 8.17. The lowest BCUT2D eigenvalue weighted by Crippen LogP contribution is -2.39. The summed E-state index contributed by atoms with van der Waals surface area (Å²) < 4.78 is 5.23. The van der Waals surface area contributed by atoms with Gasteiger partial charge in [0.15, 0.2) is 0 Å². The van der Waals surface area contributed by atoms with Crippen LogP contribution in [-0.2, 0) is 0 Å². The van der Waals surface area contributed by atoms with Gasteiger partial charge in [-0.2, -0.15) is 0 Å². The number of carbonyl (C=O) groups excluding carboxylic acids is 1. The van der Waals surface area contributed by atoms with Gasteiger partial charge in [-0.15, -0.1) is 0 Å². The highest BCUT2D eigenvalue weighted by Gasteiger charge is 2.27. The molecule has 30 heavy (non-hydrogen) atoms. The van der Waals surface area contributed by atoms with Gasteiger partial charge in [-0.3, -0.25) is 9.78 Å². The first-order chi connectivity index (χ1) is 14.7. The SMILES string of the molecule is COc1ccc(-c2c[nH]cc2C(=O)NC(C)C2CCC(c3ccncc3)CC2)cc1. The number of H-pyrrole nitrogens is 1. The van der Waals surface area contributed by atoms with Crippen LogP contribution < -0.4 is 10.1 Å². The topological polar surface area (TPSA) is 67.0 Å². The third-order valence-corrected chi connectivity index (χ3v) is 6.41. The summed E-state index contributed by atoms with van der Waals surface area (Å²) in [6, 6.07) is 12.2. The van der Waals surface area contributed by atoms with Crippen LogP contribution in [0.1, 0.15) is 54.4 Å². The zero-order valence-corrected chi connectivity index (χ0v) is 17.6. The molecule has 3 aromatic rings. The summed E-state index contributed by atoms with van der Waals surface area (Å²) in [7, 11) is 1.65. The van der Waals surface area contributed by atoms with E-state index in [1.54, 1.807) is 13.3 Å². The highest BCUT2D eigenvalue weighted by molar-refractivity contribution is 6.00. The number of nitrogens with one attached hydrogen (secondary N) is 2. The van der Waals surface area contributed by atoms with Crippen molar-refractivity contribution in [3.63, 3.8) is 0 Å². The Balaban J connectivity index is 1.37. The Labute approximate surface area is 177 Å². The average molecular weight is 404 g/mol. The molecule has 1 saturated carbocycles. The second kappa shape index (κ2) is 9.16. The lowest BCUT2D eigenvalue weighted by Gasteiger charge is -2.32. The van der Waals surface area contributed by atoms with Crippen molar-refractivity contribution in [3.05, 3.63) is 72.3 Å². The Bertz CT molecular complexity index is 958. The first-order valence-electron chi connectivity index (χ1n) is 10.7. The van der Waals surface area contributed by atoms with Crippen LogP contribution in [0.15, 0.2) is 61.2 Å². The van der Waals surface area contributed by atoms with E-state index >= 15 is 0 Å². The first kappa shape index (κ1) is 20.2. The minimum atomic E-state index is -0.0224. The summed E-state index contributed by atoms with van der Waals surface area (Å²) in [5, 5.41) is 3.25. The number of aromatic amines is 1. The van der Waals surface area contributed by atoms with Crippen molar-refractivity contribution in [2.75, 3.05) is 7.11 Å². The van der Waals surface area contributed by atoms with Gasteiger partial charge in [0.05, 0.1) is 12.7 Å².